The molecule has 0 saturated heterocycles. The maximum absolute atomic E-state index is 5.78. The van der Waals surface area contributed by atoms with Gasteiger partial charge in [-0.15, -0.1) is 0 Å². The SMILES string of the molecule is Cn1c(-c2cn[nH]c2N)nc2ccncc21. The van der Waals surface area contributed by atoms with E-state index in [0.29, 0.717) is 5.82 Å². The van der Waals surface area contributed by atoms with E-state index in [0.717, 1.165) is 22.4 Å². The predicted molar refractivity (Wildman–Crippen MR) is 60.5 cm³/mol. The molecule has 0 aromatic carbocycles. The Morgan fingerprint density at radius 3 is 2.94 bits per heavy atom. The van der Waals surface area contributed by atoms with Crippen LogP contribution in [0.4, 0.5) is 5.82 Å². The number of fused-ring (bicyclic) bond motifs is 1. The molecule has 0 bridgehead atoms. The molecule has 0 amide bonds. The van der Waals surface area contributed by atoms with Crippen molar-refractivity contribution in [3.8, 4) is 11.4 Å². The van der Waals surface area contributed by atoms with Crippen LogP contribution < -0.4 is 5.73 Å². The van der Waals surface area contributed by atoms with Crippen LogP contribution in [0, 0.1) is 0 Å². The maximum Gasteiger partial charge on any atom is 0.146 e. The molecule has 0 aliphatic rings. The van der Waals surface area contributed by atoms with Gasteiger partial charge in [-0.2, -0.15) is 5.10 Å². The molecule has 0 aliphatic heterocycles. The molecule has 0 atom stereocenters. The van der Waals surface area contributed by atoms with Gasteiger partial charge in [-0.05, 0) is 6.07 Å². The first-order valence-corrected chi connectivity index (χ1v) is 4.83. The Balaban J connectivity index is 2.33. The van der Waals surface area contributed by atoms with Crippen molar-refractivity contribution in [3.05, 3.63) is 24.7 Å². The third kappa shape index (κ3) is 1.10. The number of nitrogen functional groups attached to an aromatic ring is 1. The molecule has 0 saturated carbocycles. The third-order valence-electron chi connectivity index (χ3n) is 2.59. The van der Waals surface area contributed by atoms with Crippen LogP contribution in [0.3, 0.4) is 0 Å². The first kappa shape index (κ1) is 8.90. The van der Waals surface area contributed by atoms with Gasteiger partial charge < -0.3 is 10.3 Å². The highest BCUT2D eigenvalue weighted by Gasteiger charge is 2.13. The minimum absolute atomic E-state index is 0.520. The molecule has 3 rings (SSSR count). The van der Waals surface area contributed by atoms with Crippen molar-refractivity contribution in [1.82, 2.24) is 24.7 Å². The Kier molecular flexibility index (Phi) is 1.70. The van der Waals surface area contributed by atoms with Gasteiger partial charge in [0.25, 0.3) is 0 Å². The summed E-state index contributed by atoms with van der Waals surface area (Å²) >= 11 is 0. The number of rotatable bonds is 1. The van der Waals surface area contributed by atoms with E-state index in [-0.39, 0.29) is 0 Å². The van der Waals surface area contributed by atoms with Crippen LogP contribution in [0.25, 0.3) is 22.4 Å². The molecule has 6 heteroatoms. The maximum atomic E-state index is 5.78. The van der Waals surface area contributed by atoms with Crippen molar-refractivity contribution in [2.75, 3.05) is 5.73 Å². The topological polar surface area (TPSA) is 85.4 Å². The number of aromatic nitrogens is 5. The molecule has 3 aromatic rings. The largest absolute Gasteiger partial charge is 0.383 e. The van der Waals surface area contributed by atoms with E-state index in [1.807, 2.05) is 17.7 Å². The predicted octanol–water partition coefficient (Wildman–Crippen LogP) is 0.941. The average molecular weight is 214 g/mol. The number of nitrogens with two attached hydrogens (primary N) is 1. The average Bonchev–Trinajstić information content (AvgIpc) is 2.84. The lowest BCUT2D eigenvalue weighted by Gasteiger charge is -1.99. The van der Waals surface area contributed by atoms with E-state index in [4.69, 9.17) is 5.73 Å². The van der Waals surface area contributed by atoms with Gasteiger partial charge in [0.1, 0.15) is 11.6 Å². The molecule has 0 aliphatic carbocycles. The first-order chi connectivity index (χ1) is 7.77. The van der Waals surface area contributed by atoms with Gasteiger partial charge in [-0.1, -0.05) is 0 Å². The summed E-state index contributed by atoms with van der Waals surface area (Å²) in [5.41, 5.74) is 8.45. The van der Waals surface area contributed by atoms with Crippen LogP contribution in [0.2, 0.25) is 0 Å². The van der Waals surface area contributed by atoms with E-state index in [2.05, 4.69) is 20.2 Å². The summed E-state index contributed by atoms with van der Waals surface area (Å²) in [6.45, 7) is 0. The van der Waals surface area contributed by atoms with Crippen molar-refractivity contribution in [1.29, 1.82) is 0 Å². The minimum Gasteiger partial charge on any atom is -0.383 e. The van der Waals surface area contributed by atoms with Crippen molar-refractivity contribution in [3.63, 3.8) is 0 Å². The van der Waals surface area contributed by atoms with Gasteiger partial charge in [0.05, 0.1) is 29.0 Å². The Morgan fingerprint density at radius 1 is 1.38 bits per heavy atom. The van der Waals surface area contributed by atoms with E-state index >= 15 is 0 Å². The second-order valence-corrected chi connectivity index (χ2v) is 3.56. The number of pyridine rings is 1. The van der Waals surface area contributed by atoms with Gasteiger partial charge >= 0.3 is 0 Å². The molecular weight excluding hydrogens is 204 g/mol. The molecule has 0 unspecified atom stereocenters. The van der Waals surface area contributed by atoms with Gasteiger partial charge in [0.2, 0.25) is 0 Å². The van der Waals surface area contributed by atoms with Crippen LogP contribution >= 0.6 is 0 Å². The molecule has 0 fully saturated rings. The number of anilines is 1. The highest BCUT2D eigenvalue weighted by Crippen LogP contribution is 2.25. The minimum atomic E-state index is 0.520. The lowest BCUT2D eigenvalue weighted by molar-refractivity contribution is 0.957. The lowest BCUT2D eigenvalue weighted by Crippen LogP contribution is -1.95. The Labute approximate surface area is 91.1 Å². The van der Waals surface area contributed by atoms with Crippen LogP contribution in [0.1, 0.15) is 0 Å². The van der Waals surface area contributed by atoms with Gasteiger partial charge in [-0.3, -0.25) is 10.1 Å². The van der Waals surface area contributed by atoms with Gasteiger partial charge in [-0.25, -0.2) is 4.98 Å². The molecule has 3 N–H and O–H groups in total. The normalized spacial score (nSPS) is 11.1. The number of H-pyrrole nitrogens is 1. The summed E-state index contributed by atoms with van der Waals surface area (Å²) < 4.78 is 1.95. The van der Waals surface area contributed by atoms with Crippen molar-refractivity contribution in [2.45, 2.75) is 0 Å². The number of imidazole rings is 1. The summed E-state index contributed by atoms with van der Waals surface area (Å²) in [6, 6.07) is 1.87. The number of aromatic amines is 1. The van der Waals surface area contributed by atoms with Crippen LogP contribution in [0.15, 0.2) is 24.7 Å². The summed E-state index contributed by atoms with van der Waals surface area (Å²) in [4.78, 5) is 8.57. The number of nitrogens with zero attached hydrogens (tertiary/aromatic N) is 4. The van der Waals surface area contributed by atoms with Gasteiger partial charge in [0, 0.05) is 13.2 Å². The summed E-state index contributed by atoms with van der Waals surface area (Å²) in [6.07, 6.45) is 5.17. The molecule has 0 radical (unpaired) electrons. The van der Waals surface area contributed by atoms with Crippen molar-refractivity contribution >= 4 is 16.9 Å². The first-order valence-electron chi connectivity index (χ1n) is 4.83. The van der Waals surface area contributed by atoms with E-state index in [9.17, 15) is 0 Å². The summed E-state index contributed by atoms with van der Waals surface area (Å²) in [5, 5.41) is 6.59. The molecule has 0 spiro atoms. The monoisotopic (exact) mass is 214 g/mol. The molecule has 80 valence electrons. The molecule has 3 heterocycles. The van der Waals surface area contributed by atoms with Crippen LogP contribution in [0.5, 0.6) is 0 Å². The van der Waals surface area contributed by atoms with E-state index in [1.165, 1.54) is 0 Å². The third-order valence-corrected chi connectivity index (χ3v) is 2.59. The highest BCUT2D eigenvalue weighted by atomic mass is 15.2. The summed E-state index contributed by atoms with van der Waals surface area (Å²) in [5.74, 6) is 1.31. The smallest absolute Gasteiger partial charge is 0.146 e. The van der Waals surface area contributed by atoms with E-state index < -0.39 is 0 Å². The number of aryl methyl sites for hydroxylation is 1. The number of nitrogens with one attached hydrogen (secondary N) is 1. The summed E-state index contributed by atoms with van der Waals surface area (Å²) in [7, 11) is 1.93. The molecule has 6 nitrogen and oxygen atoms in total. The highest BCUT2D eigenvalue weighted by molar-refractivity contribution is 5.81. The van der Waals surface area contributed by atoms with E-state index in [1.54, 1.807) is 18.6 Å². The van der Waals surface area contributed by atoms with Gasteiger partial charge in [0.15, 0.2) is 0 Å². The lowest BCUT2D eigenvalue weighted by atomic mass is 10.3. The molecule has 3 aromatic heterocycles. The Bertz CT molecular complexity index is 650. The fourth-order valence-corrected chi connectivity index (χ4v) is 1.75. The van der Waals surface area contributed by atoms with Crippen LogP contribution in [-0.4, -0.2) is 24.7 Å². The van der Waals surface area contributed by atoms with Crippen molar-refractivity contribution < 1.29 is 0 Å². The Morgan fingerprint density at radius 2 is 2.25 bits per heavy atom. The van der Waals surface area contributed by atoms with Crippen LogP contribution in [-0.2, 0) is 7.05 Å². The quantitative estimate of drug-likeness (QED) is 0.631. The zero-order valence-electron chi connectivity index (χ0n) is 8.68. The zero-order valence-corrected chi connectivity index (χ0v) is 8.68. The standard InChI is InChI=1S/C10H10N6/c1-16-8-5-12-3-2-7(8)14-10(16)6-4-13-15-9(6)11/h2-5H,1H3,(H3,11,13,15). The zero-order chi connectivity index (χ0) is 11.1. The second-order valence-electron chi connectivity index (χ2n) is 3.56. The fraction of sp³-hybridized carbons (Fsp3) is 0.100. The molecular formula is C10H10N6. The Hall–Kier alpha value is -2.37. The molecule has 16 heavy (non-hydrogen) atoms. The van der Waals surface area contributed by atoms with Crippen molar-refractivity contribution in [2.24, 2.45) is 7.05 Å². The fourth-order valence-electron chi connectivity index (χ4n) is 1.75. The number of hydrogen-bond acceptors (Lipinski definition) is 4. The number of hydrogen-bond donors (Lipinski definition) is 2. The second kappa shape index (κ2) is 3.06.